The molecule has 1 heterocycles. The standard InChI is InChI=1S/C13H16FN5O/c1-20-10-4-2-9(3-5-10)6-7-16-12-11(14)8-17-13(18-12)19-15/h2-5,8H,6-7,15H2,1H3,(H2,16,17,18,19). The van der Waals surface area contributed by atoms with Crippen LogP contribution in [-0.4, -0.2) is 23.6 Å². The van der Waals surface area contributed by atoms with Gasteiger partial charge in [0.1, 0.15) is 5.75 Å². The molecule has 0 aliphatic rings. The van der Waals surface area contributed by atoms with Crippen molar-refractivity contribution in [3.63, 3.8) is 0 Å². The van der Waals surface area contributed by atoms with Crippen molar-refractivity contribution in [3.8, 4) is 5.75 Å². The SMILES string of the molecule is COc1ccc(CCNc2nc(NN)ncc2F)cc1. The number of anilines is 2. The molecule has 0 radical (unpaired) electrons. The molecule has 106 valence electrons. The lowest BCUT2D eigenvalue weighted by Crippen LogP contribution is -2.14. The number of nitrogens with zero attached hydrogens (tertiary/aromatic N) is 2. The van der Waals surface area contributed by atoms with Gasteiger partial charge in [-0.15, -0.1) is 0 Å². The first-order valence-electron chi connectivity index (χ1n) is 6.09. The molecule has 0 saturated heterocycles. The highest BCUT2D eigenvalue weighted by Gasteiger charge is 2.05. The van der Waals surface area contributed by atoms with Crippen LogP contribution >= 0.6 is 0 Å². The van der Waals surface area contributed by atoms with E-state index in [1.165, 1.54) is 0 Å². The predicted molar refractivity (Wildman–Crippen MR) is 75.0 cm³/mol. The largest absolute Gasteiger partial charge is 0.497 e. The summed E-state index contributed by atoms with van der Waals surface area (Å²) < 4.78 is 18.5. The number of hydrazine groups is 1. The molecule has 0 bridgehead atoms. The lowest BCUT2D eigenvalue weighted by molar-refractivity contribution is 0.414. The Hall–Kier alpha value is -2.41. The van der Waals surface area contributed by atoms with E-state index < -0.39 is 5.82 Å². The maximum atomic E-state index is 13.5. The lowest BCUT2D eigenvalue weighted by atomic mass is 10.1. The van der Waals surface area contributed by atoms with Crippen LogP contribution in [-0.2, 0) is 6.42 Å². The summed E-state index contributed by atoms with van der Waals surface area (Å²) in [6.45, 7) is 0.546. The Morgan fingerprint density at radius 3 is 2.70 bits per heavy atom. The molecule has 4 N–H and O–H groups in total. The summed E-state index contributed by atoms with van der Waals surface area (Å²) in [5.74, 6) is 5.76. The number of nitrogens with one attached hydrogen (secondary N) is 2. The second kappa shape index (κ2) is 6.67. The third-order valence-electron chi connectivity index (χ3n) is 2.74. The zero-order chi connectivity index (χ0) is 14.4. The number of nitrogen functional groups attached to an aromatic ring is 1. The Bertz CT molecular complexity index is 561. The molecule has 0 unspecified atom stereocenters. The van der Waals surface area contributed by atoms with Crippen molar-refractivity contribution in [1.82, 2.24) is 9.97 Å². The Labute approximate surface area is 116 Å². The van der Waals surface area contributed by atoms with Gasteiger partial charge >= 0.3 is 0 Å². The Morgan fingerprint density at radius 1 is 1.30 bits per heavy atom. The van der Waals surface area contributed by atoms with E-state index >= 15 is 0 Å². The Morgan fingerprint density at radius 2 is 2.05 bits per heavy atom. The summed E-state index contributed by atoms with van der Waals surface area (Å²) in [4.78, 5) is 7.56. The van der Waals surface area contributed by atoms with Crippen molar-refractivity contribution in [2.75, 3.05) is 24.4 Å². The summed E-state index contributed by atoms with van der Waals surface area (Å²) in [5.41, 5.74) is 3.39. The normalized spacial score (nSPS) is 10.2. The van der Waals surface area contributed by atoms with Crippen molar-refractivity contribution in [1.29, 1.82) is 0 Å². The minimum atomic E-state index is -0.515. The quantitative estimate of drug-likeness (QED) is 0.549. The molecule has 7 heteroatoms. The maximum absolute atomic E-state index is 13.5. The Balaban J connectivity index is 1.91. The monoisotopic (exact) mass is 277 g/mol. The molecule has 1 aromatic heterocycles. The van der Waals surface area contributed by atoms with Crippen molar-refractivity contribution in [2.24, 2.45) is 5.84 Å². The highest BCUT2D eigenvalue weighted by atomic mass is 19.1. The highest BCUT2D eigenvalue weighted by Crippen LogP contribution is 2.13. The van der Waals surface area contributed by atoms with Gasteiger partial charge in [0.15, 0.2) is 11.6 Å². The van der Waals surface area contributed by atoms with Gasteiger partial charge in [-0.05, 0) is 24.1 Å². The Kier molecular flexibility index (Phi) is 4.67. The van der Waals surface area contributed by atoms with E-state index in [1.54, 1.807) is 7.11 Å². The molecule has 2 aromatic rings. The maximum Gasteiger partial charge on any atom is 0.239 e. The van der Waals surface area contributed by atoms with Gasteiger partial charge in [0, 0.05) is 6.54 Å². The zero-order valence-corrected chi connectivity index (χ0v) is 11.1. The summed E-state index contributed by atoms with van der Waals surface area (Å²) in [5, 5.41) is 2.91. The molecular weight excluding hydrogens is 261 g/mol. The van der Waals surface area contributed by atoms with E-state index in [1.807, 2.05) is 24.3 Å². The minimum absolute atomic E-state index is 0.126. The fourth-order valence-corrected chi connectivity index (χ4v) is 1.68. The summed E-state index contributed by atoms with van der Waals surface area (Å²) in [6, 6.07) is 7.70. The fraction of sp³-hybridized carbons (Fsp3) is 0.231. The number of hydrogen-bond donors (Lipinski definition) is 3. The number of aromatic nitrogens is 2. The molecule has 0 saturated carbocycles. The first-order chi connectivity index (χ1) is 9.72. The van der Waals surface area contributed by atoms with Crippen LogP contribution in [0.25, 0.3) is 0 Å². The van der Waals surface area contributed by atoms with Gasteiger partial charge in [0.2, 0.25) is 5.95 Å². The number of benzene rings is 1. The number of methoxy groups -OCH3 is 1. The lowest BCUT2D eigenvalue weighted by Gasteiger charge is -2.08. The van der Waals surface area contributed by atoms with Crippen molar-refractivity contribution >= 4 is 11.8 Å². The van der Waals surface area contributed by atoms with Gasteiger partial charge < -0.3 is 10.1 Å². The molecule has 20 heavy (non-hydrogen) atoms. The van der Waals surface area contributed by atoms with Gasteiger partial charge in [-0.3, -0.25) is 5.43 Å². The smallest absolute Gasteiger partial charge is 0.239 e. The van der Waals surface area contributed by atoms with Gasteiger partial charge in [-0.2, -0.15) is 4.98 Å². The summed E-state index contributed by atoms with van der Waals surface area (Å²) in [6.07, 6.45) is 1.80. The molecule has 1 aromatic carbocycles. The molecule has 2 rings (SSSR count). The van der Waals surface area contributed by atoms with E-state index in [9.17, 15) is 4.39 Å². The van der Waals surface area contributed by atoms with Gasteiger partial charge in [-0.25, -0.2) is 15.2 Å². The molecule has 0 aliphatic heterocycles. The van der Waals surface area contributed by atoms with Crippen LogP contribution in [0, 0.1) is 5.82 Å². The van der Waals surface area contributed by atoms with E-state index in [0.717, 1.165) is 23.9 Å². The molecular formula is C13H16FN5O. The zero-order valence-electron chi connectivity index (χ0n) is 11.1. The van der Waals surface area contributed by atoms with Crippen molar-refractivity contribution in [2.45, 2.75) is 6.42 Å². The number of halogens is 1. The van der Waals surface area contributed by atoms with Gasteiger partial charge in [-0.1, -0.05) is 12.1 Å². The minimum Gasteiger partial charge on any atom is -0.497 e. The molecule has 0 spiro atoms. The van der Waals surface area contributed by atoms with Gasteiger partial charge in [0.05, 0.1) is 13.3 Å². The third-order valence-corrected chi connectivity index (χ3v) is 2.74. The van der Waals surface area contributed by atoms with Crippen LogP contribution in [0.15, 0.2) is 30.5 Å². The van der Waals surface area contributed by atoms with Crippen molar-refractivity contribution in [3.05, 3.63) is 41.8 Å². The second-order valence-electron chi connectivity index (χ2n) is 4.06. The summed E-state index contributed by atoms with van der Waals surface area (Å²) in [7, 11) is 1.62. The summed E-state index contributed by atoms with van der Waals surface area (Å²) >= 11 is 0. The number of nitrogens with two attached hydrogens (primary N) is 1. The van der Waals surface area contributed by atoms with Crippen LogP contribution in [0.1, 0.15) is 5.56 Å². The second-order valence-corrected chi connectivity index (χ2v) is 4.06. The van der Waals surface area contributed by atoms with Crippen molar-refractivity contribution < 1.29 is 9.13 Å². The average molecular weight is 277 g/mol. The predicted octanol–water partition coefficient (Wildman–Crippen LogP) is 1.56. The van der Waals surface area contributed by atoms with E-state index in [4.69, 9.17) is 10.6 Å². The van der Waals surface area contributed by atoms with Crippen LogP contribution in [0.4, 0.5) is 16.2 Å². The van der Waals surface area contributed by atoms with Gasteiger partial charge in [0.25, 0.3) is 0 Å². The first kappa shape index (κ1) is 14.0. The first-order valence-corrected chi connectivity index (χ1v) is 6.09. The molecule has 0 aliphatic carbocycles. The molecule has 6 nitrogen and oxygen atoms in total. The average Bonchev–Trinajstić information content (AvgIpc) is 2.50. The van der Waals surface area contributed by atoms with Crippen LogP contribution in [0.5, 0.6) is 5.75 Å². The number of hydrogen-bond acceptors (Lipinski definition) is 6. The fourth-order valence-electron chi connectivity index (χ4n) is 1.68. The number of ether oxygens (including phenoxy) is 1. The highest BCUT2D eigenvalue weighted by molar-refractivity contribution is 5.40. The molecule has 0 atom stereocenters. The third kappa shape index (κ3) is 3.55. The molecule has 0 amide bonds. The van der Waals surface area contributed by atoms with Crippen LogP contribution in [0.3, 0.4) is 0 Å². The topological polar surface area (TPSA) is 85.1 Å². The van der Waals surface area contributed by atoms with E-state index in [2.05, 4.69) is 20.7 Å². The van der Waals surface area contributed by atoms with Crippen LogP contribution < -0.4 is 21.3 Å². The van der Waals surface area contributed by atoms with Crippen LogP contribution in [0.2, 0.25) is 0 Å². The molecule has 0 fully saturated rings. The van der Waals surface area contributed by atoms with E-state index in [-0.39, 0.29) is 11.8 Å². The number of rotatable bonds is 6. The van der Waals surface area contributed by atoms with E-state index in [0.29, 0.717) is 6.54 Å².